The first-order chi connectivity index (χ1) is 6.84. The van der Waals surface area contributed by atoms with E-state index < -0.39 is 5.60 Å². The third kappa shape index (κ3) is 4.26. The van der Waals surface area contributed by atoms with Crippen molar-refractivity contribution in [3.05, 3.63) is 0 Å². The van der Waals surface area contributed by atoms with E-state index in [1.54, 1.807) is 0 Å². The number of thiocarbonyl (C=S) groups is 1. The summed E-state index contributed by atoms with van der Waals surface area (Å²) in [4.78, 5) is 11.4. The van der Waals surface area contributed by atoms with E-state index in [0.717, 1.165) is 6.42 Å². The molecule has 0 aliphatic rings. The fourth-order valence-electron chi connectivity index (χ4n) is 1.28. The van der Waals surface area contributed by atoms with E-state index in [-0.39, 0.29) is 16.8 Å². The Morgan fingerprint density at radius 1 is 1.53 bits per heavy atom. The highest BCUT2D eigenvalue weighted by Gasteiger charge is 2.39. The van der Waals surface area contributed by atoms with Crippen molar-refractivity contribution in [2.75, 3.05) is 6.61 Å². The van der Waals surface area contributed by atoms with E-state index in [2.05, 4.69) is 0 Å². The molecule has 1 unspecified atom stereocenters. The van der Waals surface area contributed by atoms with Crippen LogP contribution in [-0.2, 0) is 9.53 Å². The Balaban J connectivity index is 4.63. The number of carbonyl (C=O) groups is 1. The van der Waals surface area contributed by atoms with Crippen molar-refractivity contribution >= 4 is 23.1 Å². The van der Waals surface area contributed by atoms with Crippen molar-refractivity contribution in [2.45, 2.75) is 46.1 Å². The normalized spacial score (nSPS) is 14.8. The van der Waals surface area contributed by atoms with Crippen LogP contribution in [0, 0.1) is 5.92 Å². The lowest BCUT2D eigenvalue weighted by atomic mass is 9.89. The van der Waals surface area contributed by atoms with Crippen LogP contribution in [0.15, 0.2) is 0 Å². The number of hydrogen-bond acceptors (Lipinski definition) is 4. The summed E-state index contributed by atoms with van der Waals surface area (Å²) in [5.41, 5.74) is -1.60. The van der Waals surface area contributed by atoms with Gasteiger partial charge in [0.25, 0.3) is 0 Å². The van der Waals surface area contributed by atoms with E-state index in [4.69, 9.17) is 17.0 Å². The largest absolute Gasteiger partial charge is 0.484 e. The molecular formula is C11H20O3S. The Labute approximate surface area is 96.8 Å². The highest BCUT2D eigenvalue weighted by atomic mass is 32.1. The Kier molecular flexibility index (Phi) is 5.98. The van der Waals surface area contributed by atoms with Crippen molar-refractivity contribution in [2.24, 2.45) is 5.92 Å². The van der Waals surface area contributed by atoms with Crippen LogP contribution in [0.2, 0.25) is 0 Å². The molecule has 0 heterocycles. The molecule has 0 radical (unpaired) electrons. The average Bonchev–Trinajstić information content (AvgIpc) is 2.12. The second-order valence-electron chi connectivity index (χ2n) is 4.15. The fourth-order valence-corrected chi connectivity index (χ4v) is 1.59. The summed E-state index contributed by atoms with van der Waals surface area (Å²) < 4.78 is 5.18. The van der Waals surface area contributed by atoms with Crippen molar-refractivity contribution in [3.8, 4) is 0 Å². The van der Waals surface area contributed by atoms with Crippen LogP contribution in [-0.4, -0.2) is 28.1 Å². The molecule has 3 nitrogen and oxygen atoms in total. The van der Waals surface area contributed by atoms with E-state index in [9.17, 15) is 9.90 Å². The average molecular weight is 232 g/mol. The van der Waals surface area contributed by atoms with Crippen LogP contribution in [0.1, 0.15) is 40.5 Å². The van der Waals surface area contributed by atoms with Crippen molar-refractivity contribution < 1.29 is 14.6 Å². The van der Waals surface area contributed by atoms with Gasteiger partial charge in [-0.25, -0.2) is 0 Å². The highest BCUT2D eigenvalue weighted by Crippen LogP contribution is 2.21. The Morgan fingerprint density at radius 2 is 2.07 bits per heavy atom. The maximum Gasteiger partial charge on any atom is 0.199 e. The molecule has 1 atom stereocenters. The van der Waals surface area contributed by atoms with E-state index in [1.807, 2.05) is 20.8 Å². The molecule has 4 heteroatoms. The minimum Gasteiger partial charge on any atom is -0.484 e. The first-order valence-corrected chi connectivity index (χ1v) is 5.66. The number of Topliss-reactive ketones (excluding diaryl/α,β-unsaturated/α-hetero) is 1. The Bertz CT molecular complexity index is 238. The van der Waals surface area contributed by atoms with E-state index >= 15 is 0 Å². The van der Waals surface area contributed by atoms with Crippen LogP contribution < -0.4 is 0 Å². The monoisotopic (exact) mass is 232 g/mol. The number of carbonyl (C=O) groups excluding carboxylic acids is 1. The number of aliphatic hydroxyl groups is 1. The number of ketones is 1. The van der Waals surface area contributed by atoms with Crippen molar-refractivity contribution in [3.63, 3.8) is 0 Å². The molecule has 0 aromatic heterocycles. The van der Waals surface area contributed by atoms with Gasteiger partial charge in [0.05, 0.1) is 6.61 Å². The van der Waals surface area contributed by atoms with Crippen LogP contribution in [0.5, 0.6) is 0 Å². The highest BCUT2D eigenvalue weighted by molar-refractivity contribution is 7.80. The van der Waals surface area contributed by atoms with Crippen LogP contribution >= 0.6 is 12.2 Å². The third-order valence-electron chi connectivity index (χ3n) is 2.06. The van der Waals surface area contributed by atoms with Crippen LogP contribution in [0.4, 0.5) is 0 Å². The smallest absolute Gasteiger partial charge is 0.199 e. The van der Waals surface area contributed by atoms with Gasteiger partial charge in [-0.05, 0) is 37.9 Å². The lowest BCUT2D eigenvalue weighted by molar-refractivity contribution is -0.131. The maximum atomic E-state index is 11.4. The molecule has 0 fully saturated rings. The predicted octanol–water partition coefficient (Wildman–Crippen LogP) is 2.11. The van der Waals surface area contributed by atoms with E-state index in [0.29, 0.717) is 13.0 Å². The molecule has 0 saturated carbocycles. The van der Waals surface area contributed by atoms with Gasteiger partial charge >= 0.3 is 0 Å². The predicted molar refractivity (Wildman–Crippen MR) is 63.9 cm³/mol. The molecule has 0 rings (SSSR count). The second-order valence-corrected chi connectivity index (χ2v) is 4.52. The van der Waals surface area contributed by atoms with Gasteiger partial charge < -0.3 is 9.84 Å². The zero-order valence-electron chi connectivity index (χ0n) is 9.87. The summed E-state index contributed by atoms with van der Waals surface area (Å²) >= 11 is 4.96. The quantitative estimate of drug-likeness (QED) is 0.712. The Hall–Kier alpha value is -0.480. The molecule has 0 aliphatic heterocycles. The zero-order valence-corrected chi connectivity index (χ0v) is 10.7. The number of ether oxygens (including phenoxy) is 1. The zero-order chi connectivity index (χ0) is 12.1. The van der Waals surface area contributed by atoms with Gasteiger partial charge in [0.15, 0.2) is 16.4 Å². The SMILES string of the molecule is CCCOC(=S)C(O)(CC(C)C)C(C)=O. The summed E-state index contributed by atoms with van der Waals surface area (Å²) in [5, 5.41) is 10.1. The molecular weight excluding hydrogens is 212 g/mol. The summed E-state index contributed by atoms with van der Waals surface area (Å²) in [6.07, 6.45) is 1.11. The summed E-state index contributed by atoms with van der Waals surface area (Å²) in [6.45, 7) is 7.57. The molecule has 0 bridgehead atoms. The molecule has 0 amide bonds. The molecule has 15 heavy (non-hydrogen) atoms. The van der Waals surface area contributed by atoms with Gasteiger partial charge in [-0.1, -0.05) is 20.8 Å². The van der Waals surface area contributed by atoms with Crippen molar-refractivity contribution in [1.82, 2.24) is 0 Å². The first kappa shape index (κ1) is 14.5. The summed E-state index contributed by atoms with van der Waals surface area (Å²) in [7, 11) is 0. The topological polar surface area (TPSA) is 46.5 Å². The standard InChI is InChI=1S/C11H20O3S/c1-5-6-14-10(15)11(13,9(4)12)7-8(2)3/h8,13H,5-7H2,1-4H3. The van der Waals surface area contributed by atoms with Gasteiger partial charge in [0.1, 0.15) is 0 Å². The molecule has 0 spiro atoms. The van der Waals surface area contributed by atoms with Gasteiger partial charge in [-0.15, -0.1) is 0 Å². The lowest BCUT2D eigenvalue weighted by Crippen LogP contribution is -2.46. The third-order valence-corrected chi connectivity index (χ3v) is 2.52. The summed E-state index contributed by atoms with van der Waals surface area (Å²) in [5.74, 6) is -0.167. The maximum absolute atomic E-state index is 11.4. The van der Waals surface area contributed by atoms with Gasteiger partial charge in [-0.3, -0.25) is 4.79 Å². The number of rotatable bonds is 6. The Morgan fingerprint density at radius 3 is 2.40 bits per heavy atom. The molecule has 88 valence electrons. The molecule has 0 saturated heterocycles. The summed E-state index contributed by atoms with van der Waals surface area (Å²) in [6, 6.07) is 0. The molecule has 0 aromatic rings. The second kappa shape index (κ2) is 6.18. The number of hydrogen-bond donors (Lipinski definition) is 1. The molecule has 0 aliphatic carbocycles. The molecule has 0 aromatic carbocycles. The lowest BCUT2D eigenvalue weighted by Gasteiger charge is -2.27. The van der Waals surface area contributed by atoms with Gasteiger partial charge in [-0.2, -0.15) is 0 Å². The minimum absolute atomic E-state index is 0.00514. The first-order valence-electron chi connectivity index (χ1n) is 5.25. The van der Waals surface area contributed by atoms with Crippen LogP contribution in [0.3, 0.4) is 0 Å². The fraction of sp³-hybridized carbons (Fsp3) is 0.818. The van der Waals surface area contributed by atoms with Crippen LogP contribution in [0.25, 0.3) is 0 Å². The van der Waals surface area contributed by atoms with Gasteiger partial charge in [0, 0.05) is 0 Å². The van der Waals surface area contributed by atoms with Crippen molar-refractivity contribution in [1.29, 1.82) is 0 Å². The minimum atomic E-state index is -1.60. The van der Waals surface area contributed by atoms with Gasteiger partial charge in [0.2, 0.25) is 0 Å². The van der Waals surface area contributed by atoms with E-state index in [1.165, 1.54) is 6.92 Å². The molecule has 1 N–H and O–H groups in total.